The second-order valence-corrected chi connectivity index (χ2v) is 34.4. The maximum absolute atomic E-state index is 14.7. The Bertz CT molecular complexity index is 4750. The number of phenolic OH excluding ortho intramolecular Hbond substituents is 1. The predicted molar refractivity (Wildman–Crippen MR) is 470 cm³/mol. The van der Waals surface area contributed by atoms with Crippen LogP contribution in [0, 0.1) is 11.8 Å². The van der Waals surface area contributed by atoms with Crippen LogP contribution in [-0.2, 0) is 128 Å². The number of nitrogens with zero attached hydrogens (tertiary/aromatic N) is 5. The standard InChI is InChI=1S/C84H124N24O28/c1-8-40(4)67(83(134)106-26-10-13-56(106)78(129)95-43(7)70(121)99-54(34-65(115)116)75(126)97-49(84(135)136)22-24-61(87)111)104-77(128)50(29-39(2)3)101-72(123)48(21-23-60(86)110)96-74(125)53(33-63(89)113)98-68(119)41(5)93-64(114)37-91-71(122)52(31-45-36-90-38-92-45)102-76(127)55(35-66(117)118)100-69(120)42(6)94-73(124)51(30-44-17-19-46(109)20-18-44)103-79(130)57-14-9-25-105(57)81(132)59-16-12-28-108(59)82(133)58-15-11-27-107(58)80(131)47(85)32-62(88)112/h17-20,36,38-43,47-59,67,109H,8-16,21-35,37,85H2,1-7H3,(H2,86,110)(H2,87,111)(H2,88,112)(H2,89,113)(H,90,92)(H,91,122)(H,93,114)(H,94,124)(H,95,129)(H,96,125)(H,97,126)(H,98,119)(H,99,121)(H,100,120)(H,101,123)(H,102,127)(H,103,130)(H,104,128)(H,115,116)(H,117,118)(H,135,136)/t40-,41-,42-,43-,47-,48-,49-,50-,51-,52-,53-,54-,55-,56-,57-,58-,59-,67-/m0/s1. The van der Waals surface area contributed by atoms with Gasteiger partial charge in [-0.3, -0.25) is 110 Å². The summed E-state index contributed by atoms with van der Waals surface area (Å²) in [4.78, 5) is 334. The fourth-order valence-corrected chi connectivity index (χ4v) is 15.7. The fraction of sp³-hybridized carbons (Fsp3) is 0.607. The first-order valence-electron chi connectivity index (χ1n) is 44.4. The quantitative estimate of drug-likeness (QED) is 0.0292. The van der Waals surface area contributed by atoms with Crippen LogP contribution >= 0.6 is 0 Å². The summed E-state index contributed by atoms with van der Waals surface area (Å²) in [6.45, 7) is 9.41. The number of benzene rings is 1. The predicted octanol–water partition coefficient (Wildman–Crippen LogP) is -9.41. The molecule has 748 valence electrons. The topological polar surface area (TPSA) is 819 Å². The number of carbonyl (C=O) groups excluding carboxylic acids is 21. The number of nitrogens with two attached hydrogens (primary N) is 5. The number of H-pyrrole nitrogens is 1. The third-order valence-electron chi connectivity index (χ3n) is 23.2. The van der Waals surface area contributed by atoms with Gasteiger partial charge in [0.1, 0.15) is 102 Å². The van der Waals surface area contributed by atoms with Crippen LogP contribution in [0.15, 0.2) is 36.8 Å². The molecule has 0 aliphatic carbocycles. The molecule has 0 radical (unpaired) electrons. The number of nitrogens with one attached hydrogen (secondary N) is 14. The summed E-state index contributed by atoms with van der Waals surface area (Å²) in [5.41, 5.74) is 27.9. The van der Waals surface area contributed by atoms with E-state index in [1.54, 1.807) is 27.7 Å². The number of carboxylic acids is 3. The van der Waals surface area contributed by atoms with Gasteiger partial charge in [-0.25, -0.2) is 9.78 Å². The Hall–Kier alpha value is -14.5. The Morgan fingerprint density at radius 2 is 0.831 bits per heavy atom. The minimum absolute atomic E-state index is 0.0330. The number of carboxylic acid groups (broad SMARTS) is 3. The number of hydrogen-bond acceptors (Lipinski definition) is 27. The molecule has 4 fully saturated rings. The zero-order chi connectivity index (χ0) is 101. The molecule has 1 aromatic carbocycles. The highest BCUT2D eigenvalue weighted by Gasteiger charge is 2.49. The van der Waals surface area contributed by atoms with Gasteiger partial charge < -0.3 is 143 Å². The van der Waals surface area contributed by atoms with Crippen LogP contribution < -0.4 is 97.8 Å². The van der Waals surface area contributed by atoms with Crippen LogP contribution in [0.2, 0.25) is 0 Å². The summed E-state index contributed by atoms with van der Waals surface area (Å²) >= 11 is 0. The van der Waals surface area contributed by atoms with Crippen molar-refractivity contribution < 1.29 is 135 Å². The summed E-state index contributed by atoms with van der Waals surface area (Å²) in [5.74, 6) is -26.8. The molecular weight excluding hydrogens is 1790 g/mol. The van der Waals surface area contributed by atoms with E-state index in [1.807, 2.05) is 5.32 Å². The van der Waals surface area contributed by atoms with Crippen molar-refractivity contribution in [3.8, 4) is 5.75 Å². The molecule has 52 nitrogen and oxygen atoms in total. The minimum Gasteiger partial charge on any atom is -0.508 e. The highest BCUT2D eigenvalue weighted by Crippen LogP contribution is 2.30. The smallest absolute Gasteiger partial charge is 0.326 e. The molecule has 28 N–H and O–H groups in total. The molecule has 4 saturated heterocycles. The van der Waals surface area contributed by atoms with Crippen LogP contribution in [0.25, 0.3) is 0 Å². The van der Waals surface area contributed by atoms with Crippen LogP contribution in [0.4, 0.5) is 0 Å². The minimum atomic E-state index is -2.01. The van der Waals surface area contributed by atoms with Crippen molar-refractivity contribution in [2.24, 2.45) is 40.5 Å². The molecule has 4 aliphatic heterocycles. The lowest BCUT2D eigenvalue weighted by Gasteiger charge is -2.34. The van der Waals surface area contributed by atoms with E-state index in [0.29, 0.717) is 24.8 Å². The number of hydrogen-bond donors (Lipinski definition) is 23. The van der Waals surface area contributed by atoms with Crippen molar-refractivity contribution in [2.75, 3.05) is 32.7 Å². The maximum atomic E-state index is 14.7. The maximum Gasteiger partial charge on any atom is 0.326 e. The van der Waals surface area contributed by atoms with Crippen molar-refractivity contribution in [1.82, 2.24) is 98.7 Å². The Labute approximate surface area is 779 Å². The van der Waals surface area contributed by atoms with Gasteiger partial charge in [-0.15, -0.1) is 0 Å². The summed E-state index contributed by atoms with van der Waals surface area (Å²) in [6.07, 6.45) is -1.89. The first-order valence-corrected chi connectivity index (χ1v) is 44.4. The van der Waals surface area contributed by atoms with Gasteiger partial charge in [-0.1, -0.05) is 46.2 Å². The number of rotatable bonds is 53. The molecule has 0 unspecified atom stereocenters. The first-order chi connectivity index (χ1) is 64.0. The number of aliphatic carboxylic acids is 3. The Kier molecular flexibility index (Phi) is 42.3. The lowest BCUT2D eigenvalue weighted by Crippen LogP contribution is -2.61. The van der Waals surface area contributed by atoms with Crippen LogP contribution in [0.1, 0.15) is 175 Å². The average Bonchev–Trinajstić information content (AvgIpc) is 1.64. The number of aromatic amines is 1. The molecule has 5 heterocycles. The second-order valence-electron chi connectivity index (χ2n) is 34.4. The monoisotopic (exact) mass is 1920 g/mol. The summed E-state index contributed by atoms with van der Waals surface area (Å²) < 4.78 is 0. The third-order valence-corrected chi connectivity index (χ3v) is 23.2. The molecule has 136 heavy (non-hydrogen) atoms. The van der Waals surface area contributed by atoms with E-state index in [-0.39, 0.29) is 89.0 Å². The van der Waals surface area contributed by atoms with Gasteiger partial charge in [0.15, 0.2) is 0 Å². The molecule has 4 aliphatic rings. The highest BCUT2D eigenvalue weighted by molar-refractivity contribution is 6.03. The van der Waals surface area contributed by atoms with E-state index in [2.05, 4.69) is 73.8 Å². The van der Waals surface area contributed by atoms with Crippen LogP contribution in [0.5, 0.6) is 5.75 Å². The van der Waals surface area contributed by atoms with E-state index in [0.717, 1.165) is 18.7 Å². The lowest BCUT2D eigenvalue weighted by molar-refractivity contribution is -0.151. The van der Waals surface area contributed by atoms with E-state index < -0.39 is 321 Å². The number of phenols is 1. The Morgan fingerprint density at radius 3 is 1.32 bits per heavy atom. The number of carbonyl (C=O) groups is 24. The van der Waals surface area contributed by atoms with E-state index >= 15 is 0 Å². The Balaban J connectivity index is 1.07. The summed E-state index contributed by atoms with van der Waals surface area (Å²) in [7, 11) is 0. The normalized spacial score (nSPS) is 18.7. The fourth-order valence-electron chi connectivity index (χ4n) is 15.7. The number of aromatic nitrogens is 2. The summed E-state index contributed by atoms with van der Waals surface area (Å²) in [5, 5.41) is 69.8. The van der Waals surface area contributed by atoms with Crippen LogP contribution in [0.3, 0.4) is 0 Å². The molecule has 52 heteroatoms. The first kappa shape index (κ1) is 110. The van der Waals surface area contributed by atoms with Crippen molar-refractivity contribution >= 4 is 142 Å². The molecule has 21 amide bonds. The molecule has 0 saturated carbocycles. The van der Waals surface area contributed by atoms with Crippen molar-refractivity contribution in [2.45, 2.75) is 280 Å². The lowest BCUT2D eigenvalue weighted by atomic mass is 9.95. The zero-order valence-corrected chi connectivity index (χ0v) is 76.3. The Morgan fingerprint density at radius 1 is 0.426 bits per heavy atom. The molecule has 18 atom stereocenters. The number of amides is 21. The molecule has 0 bridgehead atoms. The number of aromatic hydroxyl groups is 1. The van der Waals surface area contributed by atoms with Gasteiger partial charge in [-0.05, 0) is 121 Å². The van der Waals surface area contributed by atoms with Crippen molar-refractivity contribution in [3.05, 3.63) is 48.0 Å². The number of primary amides is 4. The van der Waals surface area contributed by atoms with Crippen molar-refractivity contribution in [1.29, 1.82) is 0 Å². The van der Waals surface area contributed by atoms with Gasteiger partial charge in [-0.2, -0.15) is 0 Å². The molecule has 0 spiro atoms. The van der Waals surface area contributed by atoms with E-state index in [4.69, 9.17) is 28.7 Å². The molecule has 1 aromatic heterocycles. The van der Waals surface area contributed by atoms with E-state index in [1.165, 1.54) is 58.4 Å². The summed E-state index contributed by atoms with van der Waals surface area (Å²) in [6, 6.07) is -20.6. The molecule has 6 rings (SSSR count). The SMILES string of the molecule is CC[C@H](C)[C@H](NC(=O)[C@H](CC(C)C)NC(=O)[C@H](CCC(N)=O)NC(=O)[C@H](CC(N)=O)NC(=O)[C@H](C)NC(=O)CNC(=O)[C@H](Cc1cnc[nH]1)NC(=O)[C@H](CC(=O)O)NC(=O)[C@H](C)NC(=O)[C@H](Cc1ccc(O)cc1)NC(=O)[C@@H]1CCCN1C(=O)[C@@H]1CCCN1C(=O)[C@@H]1CCCN1C(=O)[C@@H](N)CC(N)=O)C(=O)N1CCC[C@H]1C(=O)N[C@@H](C)C(=O)N[C@@H](CC(=O)O)C(=O)N[C@@H](CCC(N)=O)C(=O)O. The van der Waals surface area contributed by atoms with Gasteiger partial charge >= 0.3 is 17.9 Å². The van der Waals surface area contributed by atoms with Gasteiger partial charge in [0.2, 0.25) is 124 Å². The number of likely N-dealkylation sites (tertiary alicyclic amines) is 4. The largest absolute Gasteiger partial charge is 0.508 e. The third kappa shape index (κ3) is 33.6. The van der Waals surface area contributed by atoms with Crippen molar-refractivity contribution in [3.63, 3.8) is 0 Å². The molecule has 2 aromatic rings. The van der Waals surface area contributed by atoms with Gasteiger partial charge in [0.25, 0.3) is 0 Å². The van der Waals surface area contributed by atoms with Crippen LogP contribution in [-0.4, -0.2) is 327 Å². The second kappa shape index (κ2) is 52.2. The number of imidazole rings is 1. The van der Waals surface area contributed by atoms with Gasteiger partial charge in [0, 0.05) is 63.8 Å². The van der Waals surface area contributed by atoms with Gasteiger partial charge in [0.05, 0.1) is 44.6 Å². The average molecular weight is 1920 g/mol. The molecular formula is C84H124N24O28. The zero-order valence-electron chi connectivity index (χ0n) is 76.3. The highest BCUT2D eigenvalue weighted by atomic mass is 16.4. The van der Waals surface area contributed by atoms with E-state index in [9.17, 15) is 135 Å².